The average Bonchev–Trinajstić information content (AvgIpc) is 2.37. The van der Waals surface area contributed by atoms with E-state index in [4.69, 9.17) is 11.6 Å². The third kappa shape index (κ3) is 4.56. The van der Waals surface area contributed by atoms with Crippen molar-refractivity contribution in [1.82, 2.24) is 10.0 Å². The predicted octanol–water partition coefficient (Wildman–Crippen LogP) is 3.10. The van der Waals surface area contributed by atoms with Crippen LogP contribution in [0.4, 0.5) is 4.79 Å². The Morgan fingerprint density at radius 2 is 1.95 bits per heavy atom. The molecule has 0 spiro atoms. The second-order valence-electron chi connectivity index (χ2n) is 5.16. The summed E-state index contributed by atoms with van der Waals surface area (Å²) in [6.07, 6.45) is 9.50. The molecule has 1 saturated carbocycles. The van der Waals surface area contributed by atoms with Crippen LogP contribution in [0.2, 0.25) is 5.15 Å². The number of nitrogens with one attached hydrogen (secondary N) is 1. The molecule has 1 aliphatic carbocycles. The molecule has 110 valence electrons. The quantitative estimate of drug-likeness (QED) is 0.618. The van der Waals surface area contributed by atoms with Gasteiger partial charge in [-0.2, -0.15) is 9.72 Å². The Hall–Kier alpha value is -1.49. The lowest BCUT2D eigenvalue weighted by atomic mass is 9.97. The molecule has 1 aliphatic rings. The largest absolute Gasteiger partial charge is 0.428 e. The number of rotatable bonds is 1. The van der Waals surface area contributed by atoms with Gasteiger partial charge < -0.3 is 10.5 Å². The number of pyridine rings is 1. The van der Waals surface area contributed by atoms with E-state index in [2.05, 4.69) is 10.3 Å². The fourth-order valence-corrected chi connectivity index (χ4v) is 2.62. The lowest BCUT2D eigenvalue weighted by Gasteiger charge is -2.19. The summed E-state index contributed by atoms with van der Waals surface area (Å²) in [7, 11) is 0. The summed E-state index contributed by atoms with van der Waals surface area (Å²) in [4.78, 5) is 15.8. The summed E-state index contributed by atoms with van der Waals surface area (Å²) in [5.74, 6) is 0. The molecule has 2 rings (SSSR count). The van der Waals surface area contributed by atoms with Gasteiger partial charge in [-0.25, -0.2) is 4.79 Å². The van der Waals surface area contributed by atoms with E-state index in [1.54, 1.807) is 0 Å². The van der Waals surface area contributed by atoms with Crippen molar-refractivity contribution in [2.24, 2.45) is 4.99 Å². The summed E-state index contributed by atoms with van der Waals surface area (Å²) >= 11 is 5.75. The first-order valence-electron chi connectivity index (χ1n) is 7.08. The van der Waals surface area contributed by atoms with Crippen LogP contribution in [-0.2, 0) is 0 Å². The third-order valence-corrected chi connectivity index (χ3v) is 3.82. The fraction of sp³-hybridized carbons (Fsp3) is 0.571. The number of nitrogens with zero attached hydrogens (tertiary/aromatic N) is 2. The number of urea groups is 1. The van der Waals surface area contributed by atoms with Gasteiger partial charge in [-0.15, -0.1) is 0 Å². The van der Waals surface area contributed by atoms with Crippen molar-refractivity contribution in [3.63, 3.8) is 0 Å². The van der Waals surface area contributed by atoms with E-state index in [0.717, 1.165) is 30.4 Å². The van der Waals surface area contributed by atoms with E-state index in [0.29, 0.717) is 5.36 Å². The first kappa shape index (κ1) is 14.9. The van der Waals surface area contributed by atoms with Crippen LogP contribution >= 0.6 is 11.6 Å². The average molecular weight is 298 g/mol. The zero-order chi connectivity index (χ0) is 14.4. The Morgan fingerprint density at radius 1 is 1.30 bits per heavy atom. The third-order valence-electron chi connectivity index (χ3n) is 3.54. The molecule has 20 heavy (non-hydrogen) atoms. The van der Waals surface area contributed by atoms with Crippen molar-refractivity contribution < 1.29 is 10.0 Å². The maximum absolute atomic E-state index is 11.9. The summed E-state index contributed by atoms with van der Waals surface area (Å²) in [6, 6.07) is 2.85. The highest BCUT2D eigenvalue weighted by Crippen LogP contribution is 2.17. The highest BCUT2D eigenvalue weighted by atomic mass is 35.5. The number of hydrogen-bond acceptors (Lipinski definition) is 2. The van der Waals surface area contributed by atoms with Gasteiger partial charge in [-0.1, -0.05) is 43.7 Å². The molecular weight excluding hydrogens is 278 g/mol. The minimum atomic E-state index is -0.345. The smallest absolute Gasteiger partial charge is 0.341 e. The maximum Gasteiger partial charge on any atom is 0.341 e. The molecule has 1 aromatic rings. The van der Waals surface area contributed by atoms with Crippen molar-refractivity contribution in [1.29, 1.82) is 0 Å². The van der Waals surface area contributed by atoms with Crippen LogP contribution in [-0.4, -0.2) is 22.0 Å². The standard InChI is InChI=1S/C14H20ClN3O2/c15-13-10-12(8-9-18(13)20)17-14(19)16-11-6-4-2-1-3-5-7-11/h8-11,20H,1-7H2,(H,16,19)/b17-12-. The molecule has 1 aromatic heterocycles. The monoisotopic (exact) mass is 297 g/mol. The molecule has 0 aliphatic heterocycles. The zero-order valence-electron chi connectivity index (χ0n) is 11.4. The molecule has 1 heterocycles. The van der Waals surface area contributed by atoms with Gasteiger partial charge in [0.05, 0.1) is 5.36 Å². The Labute approximate surface area is 123 Å². The number of amides is 2. The summed E-state index contributed by atoms with van der Waals surface area (Å²) in [5.41, 5.74) is 0. The second-order valence-corrected chi connectivity index (χ2v) is 5.54. The molecule has 2 N–H and O–H groups in total. The first-order chi connectivity index (χ1) is 9.65. The number of carbonyl (C=O) groups excluding carboxylic acids is 1. The SMILES string of the molecule is O=C(/N=c1/ccn(O)c(Cl)c1)NC1CCCCCCC1. The van der Waals surface area contributed by atoms with Crippen molar-refractivity contribution >= 4 is 17.6 Å². The number of hydrogen-bond donors (Lipinski definition) is 2. The van der Waals surface area contributed by atoms with Gasteiger partial charge >= 0.3 is 6.03 Å². The van der Waals surface area contributed by atoms with E-state index in [1.165, 1.54) is 37.6 Å². The molecule has 0 atom stereocenters. The summed E-state index contributed by atoms with van der Waals surface area (Å²) in [6.45, 7) is 0. The predicted molar refractivity (Wildman–Crippen MR) is 76.8 cm³/mol. The highest BCUT2D eigenvalue weighted by Gasteiger charge is 2.13. The van der Waals surface area contributed by atoms with Crippen molar-refractivity contribution in [2.45, 2.75) is 51.0 Å². The van der Waals surface area contributed by atoms with Gasteiger partial charge in [0.2, 0.25) is 0 Å². The number of carbonyl (C=O) groups is 1. The minimum Gasteiger partial charge on any atom is -0.428 e. The minimum absolute atomic E-state index is 0.116. The molecule has 0 unspecified atom stereocenters. The van der Waals surface area contributed by atoms with Crippen LogP contribution in [0.15, 0.2) is 23.3 Å². The zero-order valence-corrected chi connectivity index (χ0v) is 12.1. The summed E-state index contributed by atoms with van der Waals surface area (Å²) in [5, 5.41) is 12.7. The van der Waals surface area contributed by atoms with Crippen LogP contribution < -0.4 is 10.7 Å². The normalized spacial score (nSPS) is 18.4. The van der Waals surface area contributed by atoms with E-state index in [-0.39, 0.29) is 17.2 Å². The van der Waals surface area contributed by atoms with Gasteiger partial charge in [0, 0.05) is 18.3 Å². The molecule has 0 radical (unpaired) electrons. The van der Waals surface area contributed by atoms with Crippen LogP contribution in [0.25, 0.3) is 0 Å². The molecule has 0 aromatic carbocycles. The Kier molecular flexibility index (Phi) is 5.47. The first-order valence-corrected chi connectivity index (χ1v) is 7.45. The van der Waals surface area contributed by atoms with Crippen LogP contribution in [0.1, 0.15) is 44.9 Å². The van der Waals surface area contributed by atoms with E-state index >= 15 is 0 Å². The second kappa shape index (κ2) is 7.33. The molecule has 0 saturated heterocycles. The van der Waals surface area contributed by atoms with Gasteiger partial charge in [0.25, 0.3) is 0 Å². The van der Waals surface area contributed by atoms with Gasteiger partial charge in [-0.05, 0) is 18.9 Å². The molecule has 5 nitrogen and oxygen atoms in total. The number of halogens is 1. The molecule has 0 bridgehead atoms. The van der Waals surface area contributed by atoms with Crippen LogP contribution in [0.3, 0.4) is 0 Å². The van der Waals surface area contributed by atoms with E-state index in [9.17, 15) is 10.0 Å². The summed E-state index contributed by atoms with van der Waals surface area (Å²) < 4.78 is 0.771. The van der Waals surface area contributed by atoms with Crippen molar-refractivity contribution in [3.8, 4) is 0 Å². The van der Waals surface area contributed by atoms with Crippen LogP contribution in [0.5, 0.6) is 0 Å². The topological polar surface area (TPSA) is 66.6 Å². The van der Waals surface area contributed by atoms with E-state index < -0.39 is 0 Å². The van der Waals surface area contributed by atoms with Crippen molar-refractivity contribution in [2.75, 3.05) is 0 Å². The fourth-order valence-electron chi connectivity index (χ4n) is 2.45. The highest BCUT2D eigenvalue weighted by molar-refractivity contribution is 6.29. The van der Waals surface area contributed by atoms with Crippen molar-refractivity contribution in [3.05, 3.63) is 28.8 Å². The molecule has 6 heteroatoms. The lowest BCUT2D eigenvalue weighted by Crippen LogP contribution is -2.34. The Bertz CT molecular complexity index is 519. The Morgan fingerprint density at radius 3 is 2.60 bits per heavy atom. The van der Waals surface area contributed by atoms with Crippen LogP contribution in [0, 0.1) is 0 Å². The van der Waals surface area contributed by atoms with E-state index in [1.807, 2.05) is 0 Å². The molecule has 2 amide bonds. The lowest BCUT2D eigenvalue weighted by molar-refractivity contribution is 0.185. The maximum atomic E-state index is 11.9. The number of aromatic nitrogens is 1. The van der Waals surface area contributed by atoms with Gasteiger partial charge in [0.1, 0.15) is 5.15 Å². The Balaban J connectivity index is 1.98. The van der Waals surface area contributed by atoms with Gasteiger partial charge in [0.15, 0.2) is 0 Å². The molecule has 1 fully saturated rings. The van der Waals surface area contributed by atoms with Gasteiger partial charge in [-0.3, -0.25) is 0 Å². The molecular formula is C14H20ClN3O2.